The Bertz CT molecular complexity index is 401. The molecule has 1 rings (SSSR count). The summed E-state index contributed by atoms with van der Waals surface area (Å²) in [6.07, 6.45) is 0. The van der Waals surface area contributed by atoms with Crippen LogP contribution in [0.4, 0.5) is 0 Å². The minimum absolute atomic E-state index is 0.0384. The molecule has 0 aromatic heterocycles. The molecule has 0 N–H and O–H groups in total. The lowest BCUT2D eigenvalue weighted by molar-refractivity contribution is 0.412. The quantitative estimate of drug-likeness (QED) is 0.762. The zero-order valence-electron chi connectivity index (χ0n) is 10.7. The fourth-order valence-corrected chi connectivity index (χ4v) is 1.36. The predicted octanol–water partition coefficient (Wildman–Crippen LogP) is 3.22. The number of halogens is 2. The highest BCUT2D eigenvalue weighted by Crippen LogP contribution is 2.27. The van der Waals surface area contributed by atoms with Crippen molar-refractivity contribution in [3.8, 4) is 5.75 Å². The molecular weight excluding hydrogens is 260 g/mol. The molecule has 0 heterocycles. The van der Waals surface area contributed by atoms with Crippen molar-refractivity contribution >= 4 is 31.9 Å². The smallest absolute Gasteiger partial charge is 0.133 e. The Balaban J connectivity index is 3.40. The second-order valence-corrected chi connectivity index (χ2v) is 3.02. The average Bonchev–Trinajstić information content (AvgIpc) is 2.17. The minimum Gasteiger partial charge on any atom is -0.496 e. The van der Waals surface area contributed by atoms with Crippen LogP contribution in [-0.4, -0.2) is 7.04 Å². The van der Waals surface area contributed by atoms with Crippen LogP contribution in [0.2, 0.25) is 0 Å². The van der Waals surface area contributed by atoms with Crippen LogP contribution in [0.1, 0.15) is 8.22 Å². The van der Waals surface area contributed by atoms with Crippen LogP contribution >= 0.6 is 31.9 Å². The Morgan fingerprint density at radius 1 is 1.60 bits per heavy atom. The molecule has 3 heteroatoms. The van der Waals surface area contributed by atoms with Gasteiger partial charge in [-0.05, 0) is 34.1 Å². The van der Waals surface area contributed by atoms with Crippen molar-refractivity contribution in [3.63, 3.8) is 0 Å². The summed E-state index contributed by atoms with van der Waals surface area (Å²) < 4.78 is 48.1. The van der Waals surface area contributed by atoms with Gasteiger partial charge in [0.05, 0.1) is 19.7 Å². The van der Waals surface area contributed by atoms with Crippen LogP contribution in [0.3, 0.4) is 0 Å². The lowest BCUT2D eigenvalue weighted by atomic mass is 10.3. The van der Waals surface area contributed by atoms with Crippen LogP contribution in [-0.2, 0) is 0 Å². The van der Waals surface area contributed by atoms with Crippen molar-refractivity contribution in [2.24, 2.45) is 0 Å². The normalized spacial score (nSPS) is 19.4. The van der Waals surface area contributed by atoms with Crippen LogP contribution < -0.4 is 4.74 Å². The van der Waals surface area contributed by atoms with Gasteiger partial charge >= 0.3 is 0 Å². The molecule has 0 fully saturated rings. The van der Waals surface area contributed by atoms with Gasteiger partial charge in [-0.1, -0.05) is 15.9 Å². The van der Waals surface area contributed by atoms with Gasteiger partial charge in [-0.25, -0.2) is 0 Å². The van der Waals surface area contributed by atoms with Gasteiger partial charge in [0.25, 0.3) is 0 Å². The van der Waals surface area contributed by atoms with Crippen molar-refractivity contribution in [2.75, 3.05) is 7.04 Å². The maximum absolute atomic E-state index is 7.57. The van der Waals surface area contributed by atoms with Gasteiger partial charge in [0.2, 0.25) is 0 Å². The molecule has 1 aromatic carbocycles. The highest BCUT2D eigenvalue weighted by Gasteiger charge is 1.97. The summed E-state index contributed by atoms with van der Waals surface area (Å²) >= 11 is 5.95. The molecule has 10 heavy (non-hydrogen) atoms. The van der Waals surface area contributed by atoms with Gasteiger partial charge in [0.1, 0.15) is 5.75 Å². The van der Waals surface area contributed by atoms with E-state index in [1.165, 1.54) is 0 Å². The van der Waals surface area contributed by atoms with Crippen molar-refractivity contribution in [2.45, 2.75) is 0 Å². The third-order valence-corrected chi connectivity index (χ3v) is 1.76. The first kappa shape index (κ1) is 3.15. The largest absolute Gasteiger partial charge is 0.496 e. The van der Waals surface area contributed by atoms with Crippen molar-refractivity contribution < 1.29 is 13.0 Å². The Morgan fingerprint density at radius 3 is 3.10 bits per heavy atom. The second-order valence-electron chi connectivity index (χ2n) is 1.43. The van der Waals surface area contributed by atoms with Gasteiger partial charge < -0.3 is 4.74 Å². The second kappa shape index (κ2) is 3.39. The van der Waals surface area contributed by atoms with Crippen molar-refractivity contribution in [3.05, 3.63) is 27.1 Å². The Morgan fingerprint density at radius 2 is 2.40 bits per heavy atom. The van der Waals surface area contributed by atoms with Gasteiger partial charge in [-0.2, -0.15) is 0 Å². The van der Waals surface area contributed by atoms with Crippen molar-refractivity contribution in [1.82, 2.24) is 0 Å². The zero-order chi connectivity index (χ0) is 12.7. The van der Waals surface area contributed by atoms with E-state index < -0.39 is 7.04 Å². The number of rotatable bonds is 1. The molecule has 0 aliphatic rings. The zero-order valence-corrected chi connectivity index (χ0v) is 7.84. The number of benzene rings is 1. The number of methoxy groups -OCH3 is 1. The molecule has 0 amide bonds. The summed E-state index contributed by atoms with van der Waals surface area (Å²) in [4.78, 5) is 0. The monoisotopic (exact) mass is 270 g/mol. The SMILES string of the molecule is [2H]c1c([2H])c(OC([2H])([2H])[2H])c(Br)c([2H])c1Br. The lowest BCUT2D eigenvalue weighted by Crippen LogP contribution is -1.82. The third kappa shape index (κ3) is 1.73. The lowest BCUT2D eigenvalue weighted by Gasteiger charge is -2.01. The van der Waals surface area contributed by atoms with Gasteiger partial charge in [0, 0.05) is 4.47 Å². The maximum Gasteiger partial charge on any atom is 0.133 e. The summed E-state index contributed by atoms with van der Waals surface area (Å²) in [7, 11) is -2.72. The van der Waals surface area contributed by atoms with Crippen LogP contribution in [0, 0.1) is 0 Å². The van der Waals surface area contributed by atoms with E-state index in [2.05, 4.69) is 36.6 Å². The molecule has 0 saturated carbocycles. The Labute approximate surface area is 85.1 Å². The van der Waals surface area contributed by atoms with Gasteiger partial charge in [-0.15, -0.1) is 0 Å². The Kier molecular flexibility index (Phi) is 1.07. The summed E-state index contributed by atoms with van der Waals surface area (Å²) in [5, 5.41) is 0. The van der Waals surface area contributed by atoms with E-state index in [9.17, 15) is 0 Å². The van der Waals surface area contributed by atoms with E-state index in [4.69, 9.17) is 8.22 Å². The molecule has 0 unspecified atom stereocenters. The van der Waals surface area contributed by atoms with E-state index in [0.29, 0.717) is 0 Å². The van der Waals surface area contributed by atoms with E-state index in [-0.39, 0.29) is 32.8 Å². The molecule has 0 bridgehead atoms. The molecule has 0 aliphatic heterocycles. The number of hydrogen-bond donors (Lipinski definition) is 0. The van der Waals surface area contributed by atoms with Crippen LogP contribution in [0.25, 0.3) is 0 Å². The highest BCUT2D eigenvalue weighted by atomic mass is 79.9. The molecule has 0 radical (unpaired) electrons. The van der Waals surface area contributed by atoms with Crippen LogP contribution in [0.15, 0.2) is 27.1 Å². The minimum atomic E-state index is -2.72. The fraction of sp³-hybridized carbons (Fsp3) is 0.143. The summed E-state index contributed by atoms with van der Waals surface area (Å²) in [5.41, 5.74) is 0. The predicted molar refractivity (Wildman–Crippen MR) is 48.4 cm³/mol. The molecule has 1 nitrogen and oxygen atoms in total. The molecule has 0 atom stereocenters. The van der Waals surface area contributed by atoms with Crippen LogP contribution in [0.5, 0.6) is 5.75 Å². The molecule has 54 valence electrons. The van der Waals surface area contributed by atoms with E-state index in [1.807, 2.05) is 0 Å². The maximum atomic E-state index is 7.57. The summed E-state index contributed by atoms with van der Waals surface area (Å²) in [6, 6.07) is -0.793. The van der Waals surface area contributed by atoms with E-state index >= 15 is 0 Å². The third-order valence-electron chi connectivity index (χ3n) is 0.807. The first-order valence-electron chi connectivity index (χ1n) is 5.29. The average molecular weight is 272 g/mol. The molecule has 0 spiro atoms. The fourth-order valence-electron chi connectivity index (χ4n) is 0.421. The molecule has 0 aliphatic carbocycles. The van der Waals surface area contributed by atoms with Crippen molar-refractivity contribution in [1.29, 1.82) is 0 Å². The van der Waals surface area contributed by atoms with Gasteiger partial charge in [0.15, 0.2) is 0 Å². The highest BCUT2D eigenvalue weighted by molar-refractivity contribution is 9.11. The molecule has 0 saturated heterocycles. The molecular formula is C7H6Br2O. The molecule has 1 aromatic rings. The number of hydrogen-bond acceptors (Lipinski definition) is 1. The van der Waals surface area contributed by atoms with E-state index in [1.54, 1.807) is 0 Å². The Hall–Kier alpha value is -0.0200. The first-order valence-corrected chi connectivity index (χ1v) is 3.87. The standard InChI is InChI=1S/C7H6Br2O/c1-10-7-3-2-5(8)4-6(7)9/h2-4H,1H3/i1D3,2D,3D,4D. The van der Waals surface area contributed by atoms with Gasteiger partial charge in [-0.3, -0.25) is 0 Å². The topological polar surface area (TPSA) is 9.23 Å². The summed E-state index contributed by atoms with van der Waals surface area (Å²) in [5.74, 6) is -0.321. The first-order chi connectivity index (χ1) is 7.15. The van der Waals surface area contributed by atoms with E-state index in [0.717, 1.165) is 0 Å². The summed E-state index contributed by atoms with van der Waals surface area (Å²) in [6.45, 7) is 0. The number of ether oxygens (including phenoxy) is 1.